The predicted octanol–water partition coefficient (Wildman–Crippen LogP) is 6.13. The molecule has 0 spiro atoms. The average Bonchev–Trinajstić information content (AvgIpc) is 2.49. The standard InChI is InChI=1S/C20H38O2/c1-16(2)18(4)22-20(21)19-14-10-6-5-8-12-17(3)13-9-7-11-15-19/h16-19H,5-15H2,1-4H3. The van der Waals surface area contributed by atoms with Gasteiger partial charge in [0.2, 0.25) is 0 Å². The van der Waals surface area contributed by atoms with Gasteiger partial charge in [-0.2, -0.15) is 0 Å². The van der Waals surface area contributed by atoms with E-state index < -0.39 is 0 Å². The minimum absolute atomic E-state index is 0.0398. The second-order valence-electron chi connectivity index (χ2n) is 7.82. The summed E-state index contributed by atoms with van der Waals surface area (Å²) < 4.78 is 5.68. The van der Waals surface area contributed by atoms with E-state index in [0.717, 1.165) is 18.8 Å². The summed E-state index contributed by atoms with van der Waals surface area (Å²) in [6, 6.07) is 0. The molecule has 0 saturated heterocycles. The normalized spacial score (nSPS) is 27.3. The molecule has 3 atom stereocenters. The van der Waals surface area contributed by atoms with E-state index in [1.165, 1.54) is 57.8 Å². The van der Waals surface area contributed by atoms with Crippen LogP contribution in [0.3, 0.4) is 0 Å². The van der Waals surface area contributed by atoms with Crippen molar-refractivity contribution in [2.24, 2.45) is 17.8 Å². The van der Waals surface area contributed by atoms with Crippen LogP contribution in [0.4, 0.5) is 0 Å². The van der Waals surface area contributed by atoms with Gasteiger partial charge in [0.1, 0.15) is 6.10 Å². The van der Waals surface area contributed by atoms with Crippen LogP contribution in [0.2, 0.25) is 0 Å². The highest BCUT2D eigenvalue weighted by Gasteiger charge is 2.22. The van der Waals surface area contributed by atoms with Crippen LogP contribution in [-0.4, -0.2) is 12.1 Å². The molecule has 22 heavy (non-hydrogen) atoms. The number of hydrogen-bond acceptors (Lipinski definition) is 2. The Labute approximate surface area is 138 Å². The van der Waals surface area contributed by atoms with Crippen LogP contribution in [0.5, 0.6) is 0 Å². The van der Waals surface area contributed by atoms with Crippen molar-refractivity contribution in [3.05, 3.63) is 0 Å². The summed E-state index contributed by atoms with van der Waals surface area (Å²) >= 11 is 0. The van der Waals surface area contributed by atoms with Crippen LogP contribution >= 0.6 is 0 Å². The number of rotatable bonds is 3. The van der Waals surface area contributed by atoms with Gasteiger partial charge in [0.05, 0.1) is 5.92 Å². The fraction of sp³-hybridized carbons (Fsp3) is 0.950. The average molecular weight is 311 g/mol. The fourth-order valence-corrected chi connectivity index (χ4v) is 3.24. The number of carbonyl (C=O) groups is 1. The van der Waals surface area contributed by atoms with E-state index in [1.54, 1.807) is 0 Å². The maximum Gasteiger partial charge on any atom is 0.309 e. The SMILES string of the molecule is CC1CCCCCCC(C(=O)OC(C)C(C)C)CCCCC1. The number of hydrogen-bond donors (Lipinski definition) is 0. The molecule has 0 amide bonds. The Bertz CT molecular complexity index is 298. The van der Waals surface area contributed by atoms with Gasteiger partial charge in [-0.05, 0) is 31.6 Å². The number of esters is 1. The van der Waals surface area contributed by atoms with E-state index >= 15 is 0 Å². The molecular formula is C20H38O2. The summed E-state index contributed by atoms with van der Waals surface area (Å²) in [5.74, 6) is 1.48. The molecule has 130 valence electrons. The highest BCUT2D eigenvalue weighted by atomic mass is 16.5. The number of carbonyl (C=O) groups excluding carboxylic acids is 1. The maximum atomic E-state index is 12.4. The molecule has 0 heterocycles. The van der Waals surface area contributed by atoms with E-state index in [4.69, 9.17) is 4.74 Å². The second-order valence-corrected chi connectivity index (χ2v) is 7.82. The van der Waals surface area contributed by atoms with E-state index in [9.17, 15) is 4.79 Å². The Morgan fingerprint density at radius 2 is 1.27 bits per heavy atom. The highest BCUT2D eigenvalue weighted by molar-refractivity contribution is 5.72. The Hall–Kier alpha value is -0.530. The lowest BCUT2D eigenvalue weighted by molar-refractivity contribution is -0.155. The molecule has 1 aliphatic rings. The molecule has 1 fully saturated rings. The fourth-order valence-electron chi connectivity index (χ4n) is 3.24. The summed E-state index contributed by atoms with van der Waals surface area (Å²) in [7, 11) is 0. The van der Waals surface area contributed by atoms with Crippen LogP contribution in [0.25, 0.3) is 0 Å². The summed E-state index contributed by atoms with van der Waals surface area (Å²) in [5, 5.41) is 0. The second kappa shape index (κ2) is 11.1. The van der Waals surface area contributed by atoms with Crippen molar-refractivity contribution < 1.29 is 9.53 Å². The smallest absolute Gasteiger partial charge is 0.309 e. The first-order chi connectivity index (χ1) is 10.5. The first-order valence-corrected chi connectivity index (χ1v) is 9.71. The van der Waals surface area contributed by atoms with Gasteiger partial charge in [-0.15, -0.1) is 0 Å². The van der Waals surface area contributed by atoms with Crippen molar-refractivity contribution in [3.8, 4) is 0 Å². The third kappa shape index (κ3) is 8.19. The summed E-state index contributed by atoms with van der Waals surface area (Å²) in [5.41, 5.74) is 0. The Morgan fingerprint density at radius 1 is 0.818 bits per heavy atom. The third-order valence-electron chi connectivity index (χ3n) is 5.32. The van der Waals surface area contributed by atoms with Gasteiger partial charge in [-0.1, -0.05) is 78.6 Å². The largest absolute Gasteiger partial charge is 0.462 e. The first-order valence-electron chi connectivity index (χ1n) is 9.71. The molecule has 2 nitrogen and oxygen atoms in total. The van der Waals surface area contributed by atoms with Gasteiger partial charge in [0, 0.05) is 0 Å². The minimum Gasteiger partial charge on any atom is -0.462 e. The zero-order chi connectivity index (χ0) is 16.4. The van der Waals surface area contributed by atoms with Gasteiger partial charge in [-0.3, -0.25) is 4.79 Å². The highest BCUT2D eigenvalue weighted by Crippen LogP contribution is 2.24. The van der Waals surface area contributed by atoms with E-state index in [2.05, 4.69) is 20.8 Å². The predicted molar refractivity (Wildman–Crippen MR) is 93.8 cm³/mol. The van der Waals surface area contributed by atoms with Crippen molar-refractivity contribution >= 4 is 5.97 Å². The van der Waals surface area contributed by atoms with E-state index in [1.807, 2.05) is 6.92 Å². The van der Waals surface area contributed by atoms with Crippen molar-refractivity contribution in [1.29, 1.82) is 0 Å². The van der Waals surface area contributed by atoms with Crippen molar-refractivity contribution in [2.75, 3.05) is 0 Å². The van der Waals surface area contributed by atoms with Gasteiger partial charge in [0.25, 0.3) is 0 Å². The lowest BCUT2D eigenvalue weighted by atomic mass is 9.94. The van der Waals surface area contributed by atoms with Crippen LogP contribution in [-0.2, 0) is 9.53 Å². The van der Waals surface area contributed by atoms with Crippen LogP contribution in [0.15, 0.2) is 0 Å². The van der Waals surface area contributed by atoms with Gasteiger partial charge < -0.3 is 4.74 Å². The molecule has 1 saturated carbocycles. The van der Waals surface area contributed by atoms with Crippen LogP contribution < -0.4 is 0 Å². The molecule has 0 N–H and O–H groups in total. The molecule has 3 unspecified atom stereocenters. The van der Waals surface area contributed by atoms with Crippen molar-refractivity contribution in [1.82, 2.24) is 0 Å². The Morgan fingerprint density at radius 3 is 1.77 bits per heavy atom. The molecule has 0 aliphatic heterocycles. The Balaban J connectivity index is 2.46. The summed E-state index contributed by atoms with van der Waals surface area (Å²) in [6.45, 7) is 8.64. The quantitative estimate of drug-likeness (QED) is 0.586. The van der Waals surface area contributed by atoms with Gasteiger partial charge in [0.15, 0.2) is 0 Å². The molecule has 0 bridgehead atoms. The topological polar surface area (TPSA) is 26.3 Å². The van der Waals surface area contributed by atoms with Crippen LogP contribution in [0, 0.1) is 17.8 Å². The zero-order valence-electron chi connectivity index (χ0n) is 15.4. The molecule has 0 aromatic rings. The molecule has 0 aromatic carbocycles. The van der Waals surface area contributed by atoms with Crippen LogP contribution in [0.1, 0.15) is 98.3 Å². The molecule has 2 heteroatoms. The maximum absolute atomic E-state index is 12.4. The van der Waals surface area contributed by atoms with E-state index in [-0.39, 0.29) is 18.0 Å². The molecule has 1 rings (SSSR count). The lowest BCUT2D eigenvalue weighted by Gasteiger charge is -2.21. The molecular weight excluding hydrogens is 272 g/mol. The molecule has 0 radical (unpaired) electrons. The third-order valence-corrected chi connectivity index (χ3v) is 5.32. The minimum atomic E-state index is 0.0398. The summed E-state index contributed by atoms with van der Waals surface area (Å²) in [6.07, 6.45) is 13.8. The zero-order valence-corrected chi connectivity index (χ0v) is 15.4. The Kier molecular flexibility index (Phi) is 9.82. The molecule has 1 aliphatic carbocycles. The molecule has 0 aromatic heterocycles. The van der Waals surface area contributed by atoms with Gasteiger partial charge >= 0.3 is 5.97 Å². The van der Waals surface area contributed by atoms with Gasteiger partial charge in [-0.25, -0.2) is 0 Å². The lowest BCUT2D eigenvalue weighted by Crippen LogP contribution is -2.26. The summed E-state index contributed by atoms with van der Waals surface area (Å²) in [4.78, 5) is 12.4. The number of ether oxygens (including phenoxy) is 1. The monoisotopic (exact) mass is 310 g/mol. The van der Waals surface area contributed by atoms with Crippen molar-refractivity contribution in [2.45, 2.75) is 104 Å². The van der Waals surface area contributed by atoms with E-state index in [0.29, 0.717) is 5.92 Å². The van der Waals surface area contributed by atoms with Crippen molar-refractivity contribution in [3.63, 3.8) is 0 Å². The first kappa shape index (κ1) is 19.5.